The maximum atomic E-state index is 5.14. The Kier molecular flexibility index (Phi) is 3.99. The molecular formula is C14H15NOS2. The van der Waals surface area contributed by atoms with Crippen molar-refractivity contribution in [2.45, 2.75) is 13.8 Å². The average Bonchev–Trinajstić information content (AvgIpc) is 2.70. The van der Waals surface area contributed by atoms with Crippen molar-refractivity contribution < 1.29 is 4.74 Å². The summed E-state index contributed by atoms with van der Waals surface area (Å²) in [7, 11) is 1.60. The maximum Gasteiger partial charge on any atom is 0.201 e. The summed E-state index contributed by atoms with van der Waals surface area (Å²) >= 11 is 6.78. The molecule has 1 aromatic heterocycles. The molecule has 0 amide bonds. The lowest BCUT2D eigenvalue weighted by Gasteiger charge is -2.06. The van der Waals surface area contributed by atoms with E-state index in [2.05, 4.69) is 37.4 Å². The third-order valence-corrected chi connectivity index (χ3v) is 4.17. The van der Waals surface area contributed by atoms with Crippen LogP contribution in [0.25, 0.3) is 0 Å². The molecule has 0 bridgehead atoms. The molecule has 2 rings (SSSR count). The second-order valence-corrected chi connectivity index (χ2v) is 5.69. The van der Waals surface area contributed by atoms with E-state index in [0.29, 0.717) is 5.05 Å². The van der Waals surface area contributed by atoms with Gasteiger partial charge < -0.3 is 10.1 Å². The molecule has 18 heavy (non-hydrogen) atoms. The van der Waals surface area contributed by atoms with Crippen LogP contribution in [0.1, 0.15) is 15.3 Å². The van der Waals surface area contributed by atoms with E-state index < -0.39 is 0 Å². The highest BCUT2D eigenvalue weighted by Crippen LogP contribution is 2.29. The van der Waals surface area contributed by atoms with Gasteiger partial charge in [0.25, 0.3) is 0 Å². The Morgan fingerprint density at radius 1 is 1.28 bits per heavy atom. The van der Waals surface area contributed by atoms with Gasteiger partial charge in [0.05, 0.1) is 17.7 Å². The van der Waals surface area contributed by atoms with Crippen LogP contribution < -0.4 is 5.32 Å². The Hall–Kier alpha value is -1.39. The predicted octanol–water partition coefficient (Wildman–Crippen LogP) is 4.43. The first-order valence-corrected chi connectivity index (χ1v) is 6.85. The molecule has 4 heteroatoms. The van der Waals surface area contributed by atoms with Crippen molar-refractivity contribution in [1.82, 2.24) is 0 Å². The molecule has 0 aliphatic rings. The van der Waals surface area contributed by atoms with Gasteiger partial charge in [-0.2, -0.15) is 0 Å². The second kappa shape index (κ2) is 5.50. The minimum Gasteiger partial charge on any atom is -0.486 e. The van der Waals surface area contributed by atoms with Crippen molar-refractivity contribution >= 4 is 40.0 Å². The fourth-order valence-corrected chi connectivity index (χ4v) is 2.76. The van der Waals surface area contributed by atoms with E-state index in [1.54, 1.807) is 18.4 Å². The summed E-state index contributed by atoms with van der Waals surface area (Å²) in [5, 5.41) is 3.95. The Labute approximate surface area is 117 Å². The third-order valence-electron chi connectivity index (χ3n) is 2.60. The van der Waals surface area contributed by atoms with E-state index in [0.717, 1.165) is 16.3 Å². The highest BCUT2D eigenvalue weighted by molar-refractivity contribution is 7.80. The molecule has 0 radical (unpaired) electrons. The van der Waals surface area contributed by atoms with Crippen LogP contribution in [0.2, 0.25) is 0 Å². The minimum atomic E-state index is 0.542. The number of hydrogen-bond donors (Lipinski definition) is 1. The van der Waals surface area contributed by atoms with E-state index in [4.69, 9.17) is 17.0 Å². The quantitative estimate of drug-likeness (QED) is 0.839. The Morgan fingerprint density at radius 2 is 2.06 bits per heavy atom. The number of thiophene rings is 1. The summed E-state index contributed by atoms with van der Waals surface area (Å²) in [5.74, 6) is 0. The number of rotatable bonds is 3. The lowest BCUT2D eigenvalue weighted by molar-refractivity contribution is 0.417. The van der Waals surface area contributed by atoms with Gasteiger partial charge in [-0.15, -0.1) is 11.3 Å². The van der Waals surface area contributed by atoms with Gasteiger partial charge in [-0.25, -0.2) is 0 Å². The number of methoxy groups -OCH3 is 1. The SMILES string of the molecule is COC(=S)c1cc(Nc2cccc(C)c2)c(C)s1. The number of thiocarbonyl (C=S) groups is 1. The van der Waals surface area contributed by atoms with Gasteiger partial charge in [-0.05, 0) is 49.8 Å². The fourth-order valence-electron chi connectivity index (χ4n) is 1.69. The molecule has 0 spiro atoms. The number of ether oxygens (including phenoxy) is 1. The Morgan fingerprint density at radius 3 is 2.72 bits per heavy atom. The molecule has 0 saturated heterocycles. The topological polar surface area (TPSA) is 21.3 Å². The van der Waals surface area contributed by atoms with Gasteiger partial charge in [-0.3, -0.25) is 0 Å². The molecule has 1 heterocycles. The zero-order chi connectivity index (χ0) is 13.1. The van der Waals surface area contributed by atoms with Crippen LogP contribution in [0.4, 0.5) is 11.4 Å². The first kappa shape index (κ1) is 13.1. The summed E-state index contributed by atoms with van der Waals surface area (Å²) < 4.78 is 5.09. The first-order chi connectivity index (χ1) is 8.60. The lowest BCUT2D eigenvalue weighted by atomic mass is 10.2. The van der Waals surface area contributed by atoms with Crippen LogP contribution in [-0.2, 0) is 4.74 Å². The molecule has 1 aromatic carbocycles. The van der Waals surface area contributed by atoms with Crippen LogP contribution in [0.15, 0.2) is 30.3 Å². The molecule has 2 nitrogen and oxygen atoms in total. The van der Waals surface area contributed by atoms with Crippen molar-refractivity contribution in [3.05, 3.63) is 45.6 Å². The number of anilines is 2. The smallest absolute Gasteiger partial charge is 0.201 e. The van der Waals surface area contributed by atoms with Crippen molar-refractivity contribution in [3.63, 3.8) is 0 Å². The number of aryl methyl sites for hydroxylation is 2. The van der Waals surface area contributed by atoms with Crippen molar-refractivity contribution in [2.24, 2.45) is 0 Å². The number of nitrogens with one attached hydrogen (secondary N) is 1. The summed E-state index contributed by atoms with van der Waals surface area (Å²) in [6, 6.07) is 10.3. The molecule has 0 unspecified atom stereocenters. The molecule has 0 fully saturated rings. The Balaban J connectivity index is 2.24. The maximum absolute atomic E-state index is 5.14. The van der Waals surface area contributed by atoms with Crippen molar-refractivity contribution in [1.29, 1.82) is 0 Å². The van der Waals surface area contributed by atoms with Crippen LogP contribution in [0.3, 0.4) is 0 Å². The van der Waals surface area contributed by atoms with Crippen LogP contribution in [0, 0.1) is 13.8 Å². The lowest BCUT2D eigenvalue weighted by Crippen LogP contribution is -1.95. The van der Waals surface area contributed by atoms with Gasteiger partial charge in [0.2, 0.25) is 5.05 Å². The normalized spacial score (nSPS) is 10.2. The molecule has 2 aromatic rings. The predicted molar refractivity (Wildman–Crippen MR) is 82.2 cm³/mol. The largest absolute Gasteiger partial charge is 0.486 e. The summed E-state index contributed by atoms with van der Waals surface area (Å²) in [4.78, 5) is 2.19. The van der Waals surface area contributed by atoms with Crippen LogP contribution in [0.5, 0.6) is 0 Å². The fraction of sp³-hybridized carbons (Fsp3) is 0.214. The average molecular weight is 277 g/mol. The molecule has 94 valence electrons. The van der Waals surface area contributed by atoms with Crippen molar-refractivity contribution in [3.8, 4) is 0 Å². The van der Waals surface area contributed by atoms with Gasteiger partial charge in [0, 0.05) is 10.6 Å². The zero-order valence-electron chi connectivity index (χ0n) is 10.6. The van der Waals surface area contributed by atoms with Gasteiger partial charge in [0.15, 0.2) is 0 Å². The standard InChI is InChI=1S/C14H15NOS2/c1-9-5-4-6-11(7-9)15-12-8-13(14(17)16-3)18-10(12)2/h4-8,15H,1-3H3. The van der Waals surface area contributed by atoms with Crippen LogP contribution >= 0.6 is 23.6 Å². The zero-order valence-corrected chi connectivity index (χ0v) is 12.2. The van der Waals surface area contributed by atoms with Crippen LogP contribution in [-0.4, -0.2) is 12.2 Å². The van der Waals surface area contributed by atoms with E-state index >= 15 is 0 Å². The molecule has 0 saturated carbocycles. The van der Waals surface area contributed by atoms with E-state index in [1.165, 1.54) is 10.4 Å². The molecule has 0 aliphatic heterocycles. The third kappa shape index (κ3) is 2.89. The summed E-state index contributed by atoms with van der Waals surface area (Å²) in [5.41, 5.74) is 3.41. The number of hydrogen-bond acceptors (Lipinski definition) is 4. The first-order valence-electron chi connectivity index (χ1n) is 5.62. The molecular weight excluding hydrogens is 262 g/mol. The monoisotopic (exact) mass is 277 g/mol. The molecule has 1 N–H and O–H groups in total. The second-order valence-electron chi connectivity index (χ2n) is 4.07. The molecule has 0 aliphatic carbocycles. The van der Waals surface area contributed by atoms with Gasteiger partial charge in [0.1, 0.15) is 0 Å². The van der Waals surface area contributed by atoms with Gasteiger partial charge in [-0.1, -0.05) is 12.1 Å². The van der Waals surface area contributed by atoms with E-state index in [-0.39, 0.29) is 0 Å². The van der Waals surface area contributed by atoms with Crippen molar-refractivity contribution in [2.75, 3.05) is 12.4 Å². The van der Waals surface area contributed by atoms with Gasteiger partial charge >= 0.3 is 0 Å². The van der Waals surface area contributed by atoms with E-state index in [1.807, 2.05) is 12.1 Å². The highest BCUT2D eigenvalue weighted by atomic mass is 32.1. The molecule has 0 atom stereocenters. The summed E-state index contributed by atoms with van der Waals surface area (Å²) in [6.07, 6.45) is 0. The number of benzene rings is 1. The summed E-state index contributed by atoms with van der Waals surface area (Å²) in [6.45, 7) is 4.15. The minimum absolute atomic E-state index is 0.542. The highest BCUT2D eigenvalue weighted by Gasteiger charge is 2.09. The van der Waals surface area contributed by atoms with E-state index in [9.17, 15) is 0 Å². The Bertz CT molecular complexity index is 575.